The first-order valence-corrected chi connectivity index (χ1v) is 1.97. The number of hydrogen-bond donors (Lipinski definition) is 1. The Labute approximate surface area is 40.8 Å². The lowest BCUT2D eigenvalue weighted by Gasteiger charge is -2.00. The van der Waals surface area contributed by atoms with Crippen molar-refractivity contribution in [3.8, 4) is 0 Å². The summed E-state index contributed by atoms with van der Waals surface area (Å²) in [5.74, 6) is -0.333. The Hall–Kier alpha value is -0.830. The third-order valence-electron chi connectivity index (χ3n) is 0.793. The van der Waals surface area contributed by atoms with Gasteiger partial charge in [-0.25, -0.2) is 5.06 Å². The van der Waals surface area contributed by atoms with Crippen molar-refractivity contribution in [2.45, 2.75) is 0 Å². The zero-order valence-electron chi connectivity index (χ0n) is 3.66. The summed E-state index contributed by atoms with van der Waals surface area (Å²) in [5.41, 5.74) is 0. The lowest BCUT2D eigenvalue weighted by molar-refractivity contribution is -0.154. The van der Waals surface area contributed by atoms with Crippen LogP contribution < -0.4 is 0 Å². The van der Waals surface area contributed by atoms with Gasteiger partial charge >= 0.3 is 0 Å². The van der Waals surface area contributed by atoms with E-state index in [2.05, 4.69) is 0 Å². The summed E-state index contributed by atoms with van der Waals surface area (Å²) < 4.78 is 0. The van der Waals surface area contributed by atoms with Crippen molar-refractivity contribution in [1.82, 2.24) is 5.06 Å². The summed E-state index contributed by atoms with van der Waals surface area (Å²) >= 11 is 0. The number of rotatable bonds is 0. The lowest BCUT2D eigenvalue weighted by atomic mass is 10.6. The van der Waals surface area contributed by atoms with Crippen LogP contribution in [0.1, 0.15) is 0 Å². The molecule has 1 aliphatic heterocycles. The van der Waals surface area contributed by atoms with E-state index >= 15 is 0 Å². The maximum Gasteiger partial charge on any atom is 0.269 e. The molecule has 0 unspecified atom stereocenters. The van der Waals surface area contributed by atoms with E-state index in [4.69, 9.17) is 5.21 Å². The highest BCUT2D eigenvalue weighted by molar-refractivity contribution is 5.88. The number of nitrogens with zero attached hydrogens (tertiary/aromatic N) is 1. The van der Waals surface area contributed by atoms with Crippen molar-refractivity contribution in [1.29, 1.82) is 0 Å². The molecule has 0 aromatic rings. The van der Waals surface area contributed by atoms with Crippen LogP contribution in [0.15, 0.2) is 12.2 Å². The third-order valence-corrected chi connectivity index (χ3v) is 0.793. The Morgan fingerprint density at radius 3 is 2.71 bits per heavy atom. The van der Waals surface area contributed by atoms with Crippen LogP contribution in [0.5, 0.6) is 0 Å². The van der Waals surface area contributed by atoms with Crippen LogP contribution in [0.2, 0.25) is 0 Å². The number of carbonyl (C=O) groups excluding carboxylic acids is 1. The van der Waals surface area contributed by atoms with Crippen molar-refractivity contribution in [3.05, 3.63) is 12.2 Å². The minimum atomic E-state index is -0.333. The monoisotopic (exact) mass is 99.0 g/mol. The van der Waals surface area contributed by atoms with Gasteiger partial charge in [0.15, 0.2) is 0 Å². The maximum atomic E-state index is 10.2. The van der Waals surface area contributed by atoms with E-state index in [-0.39, 0.29) is 5.91 Å². The van der Waals surface area contributed by atoms with Crippen molar-refractivity contribution >= 4 is 5.91 Å². The number of carbonyl (C=O) groups is 1. The van der Waals surface area contributed by atoms with Gasteiger partial charge < -0.3 is 0 Å². The molecule has 0 aliphatic carbocycles. The van der Waals surface area contributed by atoms with Crippen molar-refractivity contribution in [2.24, 2.45) is 0 Å². The van der Waals surface area contributed by atoms with Crippen molar-refractivity contribution in [2.75, 3.05) is 6.54 Å². The number of amides is 1. The molecule has 3 nitrogen and oxygen atoms in total. The van der Waals surface area contributed by atoms with Gasteiger partial charge in [0.05, 0.1) is 6.54 Å². The molecule has 1 aliphatic rings. The zero-order chi connectivity index (χ0) is 5.28. The molecule has 0 aromatic carbocycles. The molecule has 0 saturated heterocycles. The summed E-state index contributed by atoms with van der Waals surface area (Å²) in [6.45, 7) is 0.332. The quantitative estimate of drug-likeness (QED) is 0.426. The molecule has 1 N–H and O–H groups in total. The fourth-order valence-electron chi connectivity index (χ4n) is 0.429. The molecule has 0 saturated carbocycles. The van der Waals surface area contributed by atoms with Gasteiger partial charge in [0, 0.05) is 6.08 Å². The van der Waals surface area contributed by atoms with Gasteiger partial charge in [-0.15, -0.1) is 0 Å². The Balaban J connectivity index is 2.62. The summed E-state index contributed by atoms with van der Waals surface area (Å²) in [5, 5.41) is 9.07. The van der Waals surface area contributed by atoms with Gasteiger partial charge in [-0.2, -0.15) is 0 Å². The minimum absolute atomic E-state index is 0.332. The molecule has 0 atom stereocenters. The Morgan fingerprint density at radius 2 is 2.57 bits per heavy atom. The molecule has 1 amide bonds. The highest BCUT2D eigenvalue weighted by Gasteiger charge is 2.09. The predicted octanol–water partition coefficient (Wildman–Crippen LogP) is -0.226. The van der Waals surface area contributed by atoms with Crippen molar-refractivity contribution < 1.29 is 10.0 Å². The molecule has 0 bridgehead atoms. The standard InChI is InChI=1S/C4H5NO2/c6-4-2-1-3-5(4)7/h1-2,7H,3H2. The first-order chi connectivity index (χ1) is 3.30. The molecule has 3 heteroatoms. The largest absolute Gasteiger partial charge is 0.285 e. The average Bonchev–Trinajstić information content (AvgIpc) is 1.91. The fraction of sp³-hybridized carbons (Fsp3) is 0.250. The first kappa shape index (κ1) is 4.33. The maximum absolute atomic E-state index is 10.2. The smallest absolute Gasteiger partial charge is 0.269 e. The van der Waals surface area contributed by atoms with E-state index in [1.54, 1.807) is 6.08 Å². The summed E-state index contributed by atoms with van der Waals surface area (Å²) in [6.07, 6.45) is 2.93. The second-order valence-electron chi connectivity index (χ2n) is 1.32. The molecule has 7 heavy (non-hydrogen) atoms. The SMILES string of the molecule is O=C1C=CCN1O. The lowest BCUT2D eigenvalue weighted by Crippen LogP contribution is -2.19. The Morgan fingerprint density at radius 1 is 1.86 bits per heavy atom. The van der Waals surface area contributed by atoms with Crippen LogP contribution in [-0.4, -0.2) is 22.7 Å². The number of hydrogen-bond acceptors (Lipinski definition) is 2. The topological polar surface area (TPSA) is 40.5 Å². The van der Waals surface area contributed by atoms with Crippen LogP contribution in [0.4, 0.5) is 0 Å². The zero-order valence-corrected chi connectivity index (χ0v) is 3.66. The normalized spacial score (nSPS) is 19.0. The van der Waals surface area contributed by atoms with Gasteiger partial charge in [-0.1, -0.05) is 6.08 Å². The highest BCUT2D eigenvalue weighted by atomic mass is 16.5. The molecule has 1 heterocycles. The molecule has 0 spiro atoms. The van der Waals surface area contributed by atoms with E-state index in [1.807, 2.05) is 0 Å². The van der Waals surface area contributed by atoms with E-state index in [0.29, 0.717) is 11.6 Å². The molecule has 0 radical (unpaired) electrons. The molecule has 0 fully saturated rings. The van der Waals surface area contributed by atoms with E-state index in [0.717, 1.165) is 0 Å². The van der Waals surface area contributed by atoms with Gasteiger partial charge in [0.2, 0.25) is 0 Å². The van der Waals surface area contributed by atoms with Crippen LogP contribution >= 0.6 is 0 Å². The Kier molecular flexibility index (Phi) is 0.834. The van der Waals surface area contributed by atoms with Gasteiger partial charge in [0.25, 0.3) is 5.91 Å². The fourth-order valence-corrected chi connectivity index (χ4v) is 0.429. The average molecular weight is 99.1 g/mol. The van der Waals surface area contributed by atoms with Crippen LogP contribution in [0.3, 0.4) is 0 Å². The second-order valence-corrected chi connectivity index (χ2v) is 1.32. The van der Waals surface area contributed by atoms with Crippen LogP contribution in [-0.2, 0) is 4.79 Å². The highest BCUT2D eigenvalue weighted by Crippen LogP contribution is 1.93. The molecule has 38 valence electrons. The summed E-state index contributed by atoms with van der Waals surface area (Å²) in [7, 11) is 0. The summed E-state index contributed by atoms with van der Waals surface area (Å²) in [6, 6.07) is 0. The molecular weight excluding hydrogens is 94.0 g/mol. The van der Waals surface area contributed by atoms with Crippen LogP contribution in [0, 0.1) is 0 Å². The van der Waals surface area contributed by atoms with E-state index in [9.17, 15) is 4.79 Å². The van der Waals surface area contributed by atoms with E-state index < -0.39 is 0 Å². The molecule has 0 aromatic heterocycles. The first-order valence-electron chi connectivity index (χ1n) is 1.97. The second kappa shape index (κ2) is 1.35. The van der Waals surface area contributed by atoms with Crippen LogP contribution in [0.25, 0.3) is 0 Å². The predicted molar refractivity (Wildman–Crippen MR) is 22.6 cm³/mol. The van der Waals surface area contributed by atoms with E-state index in [1.165, 1.54) is 6.08 Å². The van der Waals surface area contributed by atoms with Gasteiger partial charge in [0.1, 0.15) is 0 Å². The summed E-state index contributed by atoms with van der Waals surface area (Å²) in [4.78, 5) is 10.2. The molecule has 1 rings (SSSR count). The van der Waals surface area contributed by atoms with Gasteiger partial charge in [-0.3, -0.25) is 10.0 Å². The third kappa shape index (κ3) is 0.618. The minimum Gasteiger partial charge on any atom is -0.285 e. The van der Waals surface area contributed by atoms with Crippen molar-refractivity contribution in [3.63, 3.8) is 0 Å². The van der Waals surface area contributed by atoms with Gasteiger partial charge in [-0.05, 0) is 0 Å². The number of hydroxylamine groups is 2. The molecular formula is C4H5NO2. The Bertz CT molecular complexity index is 119.